The van der Waals surface area contributed by atoms with Crippen molar-refractivity contribution >= 4 is 87.1 Å². The minimum atomic E-state index is 0. The van der Waals surface area contributed by atoms with E-state index in [2.05, 4.69) is 40.3 Å². The Morgan fingerprint density at radius 2 is 1.85 bits per heavy atom. The van der Waals surface area contributed by atoms with Gasteiger partial charge < -0.3 is 15.0 Å². The first-order valence-corrected chi connectivity index (χ1v) is 11.0. The van der Waals surface area contributed by atoms with Crippen LogP contribution in [0.5, 0.6) is 5.75 Å². The van der Waals surface area contributed by atoms with Crippen molar-refractivity contribution in [2.45, 2.75) is 13.3 Å². The van der Waals surface area contributed by atoms with Crippen LogP contribution >= 0.6 is 48.8 Å². The molecule has 33 heavy (non-hydrogen) atoms. The van der Waals surface area contributed by atoms with Gasteiger partial charge in [0, 0.05) is 47.5 Å². The summed E-state index contributed by atoms with van der Waals surface area (Å²) in [5.74, 6) is 1.48. The zero-order valence-electron chi connectivity index (χ0n) is 18.7. The Labute approximate surface area is 218 Å². The van der Waals surface area contributed by atoms with Gasteiger partial charge in [0.25, 0.3) is 0 Å². The Hall–Kier alpha value is -1.76. The molecule has 5 nitrogen and oxygen atoms in total. The molecule has 0 atom stereocenters. The second-order valence-electron chi connectivity index (χ2n) is 7.31. The molecule has 0 saturated heterocycles. The summed E-state index contributed by atoms with van der Waals surface area (Å²) < 4.78 is 5.79. The lowest BCUT2D eigenvalue weighted by Gasteiger charge is -2.20. The quantitative estimate of drug-likeness (QED) is 0.114. The van der Waals surface area contributed by atoms with E-state index in [0.29, 0.717) is 5.88 Å². The van der Waals surface area contributed by atoms with Gasteiger partial charge in [-0.15, -0.1) is 48.8 Å². The van der Waals surface area contributed by atoms with Gasteiger partial charge in [0.1, 0.15) is 5.75 Å². The summed E-state index contributed by atoms with van der Waals surface area (Å²) in [7, 11) is 1.71. The molecule has 0 bridgehead atoms. The summed E-state index contributed by atoms with van der Waals surface area (Å²) in [5.41, 5.74) is 2.98. The predicted octanol–water partition coefficient (Wildman–Crippen LogP) is 6.57. The van der Waals surface area contributed by atoms with Gasteiger partial charge in [-0.2, -0.15) is 0 Å². The highest BCUT2D eigenvalue weighted by Crippen LogP contribution is 2.40. The molecule has 4 rings (SSSR count). The molecule has 2 aromatic heterocycles. The van der Waals surface area contributed by atoms with Crippen LogP contribution in [0.1, 0.15) is 13.3 Å². The Bertz CT molecular complexity index is 1180. The highest BCUT2D eigenvalue weighted by atomic mass is 35.5. The number of nitrogens with zero attached hydrogens (tertiary/aromatic N) is 3. The maximum Gasteiger partial charge on any atom is 0.131 e. The molecule has 2 aromatic carbocycles. The largest absolute Gasteiger partial charge is 0.496 e. The van der Waals surface area contributed by atoms with Crippen LogP contribution in [-0.2, 0) is 0 Å². The Kier molecular flexibility index (Phi) is 12.3. The molecule has 180 valence electrons. The number of methoxy groups -OCH3 is 1. The van der Waals surface area contributed by atoms with Crippen LogP contribution in [0.25, 0.3) is 32.6 Å². The maximum absolute atomic E-state index is 5.91. The third kappa shape index (κ3) is 6.23. The van der Waals surface area contributed by atoms with E-state index in [-0.39, 0.29) is 37.2 Å². The van der Waals surface area contributed by atoms with Crippen LogP contribution in [0.3, 0.4) is 0 Å². The molecular formula is C24H30Cl4N4O. The highest BCUT2D eigenvalue weighted by Gasteiger charge is 2.16. The number of pyridine rings is 2. The summed E-state index contributed by atoms with van der Waals surface area (Å²) in [4.78, 5) is 11.6. The minimum absolute atomic E-state index is 0. The first kappa shape index (κ1) is 29.3. The SMILES string of the molecule is CCN(CCCl)CCCNc1c2ccccc2nc2c1c(OC)cc1cnccc12.Cl.Cl.Cl. The van der Waals surface area contributed by atoms with E-state index >= 15 is 0 Å². The molecule has 2 heterocycles. The molecule has 0 radical (unpaired) electrons. The van der Waals surface area contributed by atoms with Crippen molar-refractivity contribution in [1.29, 1.82) is 0 Å². The number of para-hydroxylation sites is 1. The lowest BCUT2D eigenvalue weighted by atomic mass is 10.0. The van der Waals surface area contributed by atoms with Gasteiger partial charge in [-0.05, 0) is 37.7 Å². The van der Waals surface area contributed by atoms with E-state index < -0.39 is 0 Å². The predicted molar refractivity (Wildman–Crippen MR) is 149 cm³/mol. The number of fused-ring (bicyclic) bond motifs is 4. The summed E-state index contributed by atoms with van der Waals surface area (Å²) in [5, 5.41) is 7.92. The maximum atomic E-state index is 5.91. The molecule has 0 amide bonds. The second kappa shape index (κ2) is 13.8. The zero-order chi connectivity index (χ0) is 20.9. The topological polar surface area (TPSA) is 50.3 Å². The zero-order valence-corrected chi connectivity index (χ0v) is 21.9. The third-order valence-electron chi connectivity index (χ3n) is 5.55. The van der Waals surface area contributed by atoms with Crippen molar-refractivity contribution in [2.75, 3.05) is 44.5 Å². The molecule has 0 unspecified atom stereocenters. The Balaban J connectivity index is 0.00000181. The fourth-order valence-electron chi connectivity index (χ4n) is 4.01. The van der Waals surface area contributed by atoms with Crippen LogP contribution in [-0.4, -0.2) is 54.0 Å². The summed E-state index contributed by atoms with van der Waals surface area (Å²) in [6.07, 6.45) is 4.70. The molecule has 0 spiro atoms. The van der Waals surface area contributed by atoms with Gasteiger partial charge in [0.15, 0.2) is 0 Å². The minimum Gasteiger partial charge on any atom is -0.496 e. The summed E-state index contributed by atoms with van der Waals surface area (Å²) in [6.45, 7) is 5.99. The normalized spacial score (nSPS) is 10.5. The number of anilines is 1. The van der Waals surface area contributed by atoms with E-state index in [9.17, 15) is 0 Å². The fraction of sp³-hybridized carbons (Fsp3) is 0.333. The van der Waals surface area contributed by atoms with Crippen molar-refractivity contribution in [2.24, 2.45) is 0 Å². The fourth-order valence-corrected chi connectivity index (χ4v) is 4.24. The average Bonchev–Trinajstić information content (AvgIpc) is 2.79. The van der Waals surface area contributed by atoms with Gasteiger partial charge in [-0.3, -0.25) is 4.98 Å². The number of aromatic nitrogens is 2. The van der Waals surface area contributed by atoms with E-state index in [4.69, 9.17) is 21.3 Å². The molecule has 0 saturated carbocycles. The average molecular weight is 532 g/mol. The molecule has 0 aliphatic heterocycles. The summed E-state index contributed by atoms with van der Waals surface area (Å²) >= 11 is 5.91. The first-order valence-electron chi connectivity index (χ1n) is 10.4. The molecule has 0 aliphatic rings. The number of alkyl halides is 1. The molecule has 0 fully saturated rings. The van der Waals surface area contributed by atoms with Gasteiger partial charge >= 0.3 is 0 Å². The number of nitrogens with one attached hydrogen (secondary N) is 1. The van der Waals surface area contributed by atoms with E-state index in [1.54, 1.807) is 7.11 Å². The molecule has 4 aromatic rings. The Morgan fingerprint density at radius 3 is 2.58 bits per heavy atom. The van der Waals surface area contributed by atoms with Crippen molar-refractivity contribution in [3.05, 3.63) is 48.8 Å². The number of hydrogen-bond acceptors (Lipinski definition) is 5. The van der Waals surface area contributed by atoms with Crippen LogP contribution < -0.4 is 10.1 Å². The molecule has 1 N–H and O–H groups in total. The number of hydrogen-bond donors (Lipinski definition) is 1. The van der Waals surface area contributed by atoms with Gasteiger partial charge in [-0.1, -0.05) is 25.1 Å². The number of halogens is 4. The van der Waals surface area contributed by atoms with E-state index in [1.165, 1.54) is 0 Å². The Morgan fingerprint density at radius 1 is 1.06 bits per heavy atom. The van der Waals surface area contributed by atoms with Crippen molar-refractivity contribution in [1.82, 2.24) is 14.9 Å². The van der Waals surface area contributed by atoms with E-state index in [0.717, 1.165) is 76.6 Å². The molecular weight excluding hydrogens is 502 g/mol. The first-order chi connectivity index (χ1) is 14.8. The van der Waals surface area contributed by atoms with Crippen molar-refractivity contribution in [3.63, 3.8) is 0 Å². The second-order valence-corrected chi connectivity index (χ2v) is 7.68. The van der Waals surface area contributed by atoms with Crippen LogP contribution in [0.4, 0.5) is 5.69 Å². The van der Waals surface area contributed by atoms with Gasteiger partial charge in [0.05, 0.1) is 29.2 Å². The molecule has 0 aliphatic carbocycles. The standard InChI is InChI=1S/C24H27ClN4O.3ClH/c1-3-29(14-10-25)13-6-11-27-23-19-7-4-5-8-20(19)28-24-18-9-12-26-16-17(18)15-21(30-2)22(23)24;;;/h4-5,7-9,12,15-16H,3,6,10-11,13-14H2,1-2H3,(H,27,28);3*1H. The summed E-state index contributed by atoms with van der Waals surface area (Å²) in [6, 6.07) is 12.3. The lowest BCUT2D eigenvalue weighted by Crippen LogP contribution is -2.27. The number of ether oxygens (including phenoxy) is 1. The van der Waals surface area contributed by atoms with E-state index in [1.807, 2.05) is 30.6 Å². The van der Waals surface area contributed by atoms with Crippen LogP contribution in [0, 0.1) is 0 Å². The van der Waals surface area contributed by atoms with Crippen molar-refractivity contribution in [3.8, 4) is 5.75 Å². The monoisotopic (exact) mass is 530 g/mol. The van der Waals surface area contributed by atoms with Gasteiger partial charge in [-0.25, -0.2) is 4.98 Å². The lowest BCUT2D eigenvalue weighted by molar-refractivity contribution is 0.304. The van der Waals surface area contributed by atoms with Gasteiger partial charge in [0.2, 0.25) is 0 Å². The smallest absolute Gasteiger partial charge is 0.131 e. The van der Waals surface area contributed by atoms with Crippen LogP contribution in [0.2, 0.25) is 0 Å². The van der Waals surface area contributed by atoms with Crippen molar-refractivity contribution < 1.29 is 4.74 Å². The number of benzene rings is 2. The highest BCUT2D eigenvalue weighted by molar-refractivity contribution is 6.18. The third-order valence-corrected chi connectivity index (χ3v) is 5.72. The molecule has 9 heteroatoms. The number of rotatable bonds is 9. The van der Waals surface area contributed by atoms with Crippen LogP contribution in [0.15, 0.2) is 48.8 Å².